The van der Waals surface area contributed by atoms with Crippen LogP contribution in [0, 0.1) is 0 Å². The standard InChI is InChI=1S/C28H33ClN2O2.ClH/c1-3-31(4-2,22-23-14-11-12-19-26(23)29)21-13-20-27(30-33)28(32,24-15-7-5-8-16-24)25-17-9-6-10-18-25;/h5-12,14-19,32H,3-4,13,20-22H2,1-2H3;1H. The minimum absolute atomic E-state index is 0. The molecule has 0 heterocycles. The molecule has 0 saturated heterocycles. The smallest absolute Gasteiger partial charge is 0.156 e. The van der Waals surface area contributed by atoms with Crippen LogP contribution in [0.4, 0.5) is 0 Å². The Morgan fingerprint density at radius 1 is 0.853 bits per heavy atom. The molecule has 2 N–H and O–H groups in total. The molecule has 0 atom stereocenters. The predicted octanol–water partition coefficient (Wildman–Crippen LogP) is 3.25. The molecule has 6 heteroatoms. The summed E-state index contributed by atoms with van der Waals surface area (Å²) in [5, 5.41) is 26.3. The fourth-order valence-corrected chi connectivity index (χ4v) is 4.77. The molecule has 0 aliphatic rings. The van der Waals surface area contributed by atoms with Gasteiger partial charge in [-0.1, -0.05) is 95.6 Å². The summed E-state index contributed by atoms with van der Waals surface area (Å²) in [6.45, 7) is 8.07. The summed E-state index contributed by atoms with van der Waals surface area (Å²) < 4.78 is 0.873. The number of halogens is 2. The molecule has 0 spiro atoms. The first-order valence-corrected chi connectivity index (χ1v) is 12.0. The SMILES string of the molecule is CC[N+](CC)(CCCC(=NO)C(O)(c1ccccc1)c1ccccc1)Cc1ccccc1Cl.[Cl-]. The van der Waals surface area contributed by atoms with Gasteiger partial charge in [0.15, 0.2) is 5.60 Å². The van der Waals surface area contributed by atoms with Gasteiger partial charge in [0.05, 0.1) is 25.3 Å². The Morgan fingerprint density at radius 3 is 1.82 bits per heavy atom. The highest BCUT2D eigenvalue weighted by molar-refractivity contribution is 6.31. The maximum atomic E-state index is 11.9. The summed E-state index contributed by atoms with van der Waals surface area (Å²) in [6, 6.07) is 26.9. The van der Waals surface area contributed by atoms with Gasteiger partial charge in [-0.15, -0.1) is 0 Å². The highest BCUT2D eigenvalue weighted by Gasteiger charge is 2.38. The van der Waals surface area contributed by atoms with Crippen molar-refractivity contribution >= 4 is 17.3 Å². The van der Waals surface area contributed by atoms with E-state index in [2.05, 4.69) is 25.1 Å². The number of nitrogens with zero attached hydrogens (tertiary/aromatic N) is 2. The molecule has 0 bridgehead atoms. The van der Waals surface area contributed by atoms with Gasteiger partial charge in [0, 0.05) is 17.0 Å². The van der Waals surface area contributed by atoms with Gasteiger partial charge in [0.1, 0.15) is 6.54 Å². The molecule has 34 heavy (non-hydrogen) atoms. The second-order valence-electron chi connectivity index (χ2n) is 8.54. The minimum atomic E-state index is -1.49. The molecule has 0 fully saturated rings. The van der Waals surface area contributed by atoms with Crippen LogP contribution in [0.1, 0.15) is 43.4 Å². The topological polar surface area (TPSA) is 52.8 Å². The first-order chi connectivity index (χ1) is 16.0. The number of quaternary nitrogens is 1. The Kier molecular flexibility index (Phi) is 10.6. The van der Waals surface area contributed by atoms with Crippen molar-refractivity contribution in [1.82, 2.24) is 0 Å². The van der Waals surface area contributed by atoms with Gasteiger partial charge in [0.25, 0.3) is 0 Å². The molecule has 0 radical (unpaired) electrons. The van der Waals surface area contributed by atoms with E-state index >= 15 is 0 Å². The third-order valence-corrected chi connectivity index (χ3v) is 7.14. The van der Waals surface area contributed by atoms with Crippen molar-refractivity contribution in [2.24, 2.45) is 5.16 Å². The van der Waals surface area contributed by atoms with Crippen LogP contribution in [0.15, 0.2) is 90.1 Å². The van der Waals surface area contributed by atoms with Gasteiger partial charge < -0.3 is 27.2 Å². The zero-order valence-corrected chi connectivity index (χ0v) is 21.4. The van der Waals surface area contributed by atoms with Crippen LogP contribution in [0.3, 0.4) is 0 Å². The number of hydrogen-bond acceptors (Lipinski definition) is 3. The van der Waals surface area contributed by atoms with Gasteiger partial charge in [0.2, 0.25) is 0 Å². The minimum Gasteiger partial charge on any atom is -1.00 e. The Bertz CT molecular complexity index is 999. The Hall–Kier alpha value is -2.37. The van der Waals surface area contributed by atoms with Gasteiger partial charge in [-0.05, 0) is 37.5 Å². The van der Waals surface area contributed by atoms with Crippen molar-refractivity contribution in [3.05, 3.63) is 107 Å². The second kappa shape index (κ2) is 12.9. The predicted molar refractivity (Wildman–Crippen MR) is 136 cm³/mol. The first-order valence-electron chi connectivity index (χ1n) is 11.6. The second-order valence-corrected chi connectivity index (χ2v) is 8.95. The molecular formula is C28H34Cl2N2O2. The molecule has 0 aliphatic carbocycles. The Morgan fingerprint density at radius 2 is 1.35 bits per heavy atom. The summed E-state index contributed by atoms with van der Waals surface area (Å²) in [7, 11) is 0. The monoisotopic (exact) mass is 500 g/mol. The molecule has 4 nitrogen and oxygen atoms in total. The molecule has 0 unspecified atom stereocenters. The lowest BCUT2D eigenvalue weighted by Gasteiger charge is -2.38. The summed E-state index contributed by atoms with van der Waals surface area (Å²) in [6.07, 6.45) is 1.24. The third kappa shape index (κ3) is 6.19. The number of rotatable bonds is 11. The summed E-state index contributed by atoms with van der Waals surface area (Å²) in [4.78, 5) is 0. The van der Waals surface area contributed by atoms with E-state index < -0.39 is 5.60 Å². The van der Waals surface area contributed by atoms with Crippen LogP contribution in [0.25, 0.3) is 0 Å². The lowest BCUT2D eigenvalue weighted by Crippen LogP contribution is -3.00. The van der Waals surface area contributed by atoms with E-state index in [1.807, 2.05) is 78.9 Å². The van der Waals surface area contributed by atoms with E-state index in [9.17, 15) is 10.3 Å². The van der Waals surface area contributed by atoms with Crippen LogP contribution in [0.2, 0.25) is 5.02 Å². The van der Waals surface area contributed by atoms with Crippen LogP contribution < -0.4 is 12.4 Å². The largest absolute Gasteiger partial charge is 1.00 e. The van der Waals surface area contributed by atoms with Crippen molar-refractivity contribution in [3.8, 4) is 0 Å². The van der Waals surface area contributed by atoms with Crippen molar-refractivity contribution in [3.63, 3.8) is 0 Å². The summed E-state index contributed by atoms with van der Waals surface area (Å²) in [5.41, 5.74) is 1.37. The van der Waals surface area contributed by atoms with Gasteiger partial charge in [-0.3, -0.25) is 0 Å². The average molecular weight is 501 g/mol. The average Bonchev–Trinajstić information content (AvgIpc) is 2.88. The van der Waals surface area contributed by atoms with Gasteiger partial charge in [-0.25, -0.2) is 0 Å². The quantitative estimate of drug-likeness (QED) is 0.184. The van der Waals surface area contributed by atoms with Crippen molar-refractivity contribution in [1.29, 1.82) is 0 Å². The van der Waals surface area contributed by atoms with Gasteiger partial charge in [-0.2, -0.15) is 0 Å². The van der Waals surface area contributed by atoms with Crippen LogP contribution >= 0.6 is 11.6 Å². The molecular weight excluding hydrogens is 467 g/mol. The molecule has 3 aromatic rings. The maximum absolute atomic E-state index is 11.9. The van der Waals surface area contributed by atoms with E-state index in [1.165, 1.54) is 0 Å². The van der Waals surface area contributed by atoms with Crippen LogP contribution in [0.5, 0.6) is 0 Å². The number of hydrogen-bond donors (Lipinski definition) is 2. The van der Waals surface area contributed by atoms with Crippen molar-refractivity contribution in [2.45, 2.75) is 38.8 Å². The van der Waals surface area contributed by atoms with E-state index in [1.54, 1.807) is 0 Å². The highest BCUT2D eigenvalue weighted by atomic mass is 35.5. The normalized spacial score (nSPS) is 12.3. The van der Waals surface area contributed by atoms with E-state index in [0.717, 1.165) is 47.7 Å². The number of aliphatic hydroxyl groups is 1. The molecule has 182 valence electrons. The molecule has 0 aromatic heterocycles. The molecule has 0 aliphatic heterocycles. The van der Waals surface area contributed by atoms with Crippen molar-refractivity contribution < 1.29 is 27.2 Å². The van der Waals surface area contributed by atoms with Crippen LogP contribution in [-0.2, 0) is 12.1 Å². The lowest BCUT2D eigenvalue weighted by molar-refractivity contribution is -0.937. The number of oxime groups is 1. The third-order valence-electron chi connectivity index (χ3n) is 6.77. The maximum Gasteiger partial charge on any atom is 0.156 e. The molecule has 3 aromatic carbocycles. The fraction of sp³-hybridized carbons (Fsp3) is 0.321. The fourth-order valence-electron chi connectivity index (χ4n) is 4.57. The summed E-state index contributed by atoms with van der Waals surface area (Å²) in [5.74, 6) is 0. The van der Waals surface area contributed by atoms with E-state index in [0.29, 0.717) is 23.3 Å². The Balaban J connectivity index is 0.00000408. The van der Waals surface area contributed by atoms with Crippen LogP contribution in [-0.4, -0.2) is 40.1 Å². The van der Waals surface area contributed by atoms with Crippen molar-refractivity contribution in [2.75, 3.05) is 19.6 Å². The summed E-state index contributed by atoms with van der Waals surface area (Å²) >= 11 is 6.45. The Labute approximate surface area is 214 Å². The molecule has 0 amide bonds. The van der Waals surface area contributed by atoms with Gasteiger partial charge >= 0.3 is 0 Å². The molecule has 3 rings (SSSR count). The first kappa shape index (κ1) is 27.9. The van der Waals surface area contributed by atoms with E-state index in [4.69, 9.17) is 11.6 Å². The van der Waals surface area contributed by atoms with E-state index in [-0.39, 0.29) is 12.4 Å². The highest BCUT2D eigenvalue weighted by Crippen LogP contribution is 2.33. The zero-order chi connectivity index (χ0) is 23.7. The number of benzene rings is 3. The molecule has 0 saturated carbocycles. The zero-order valence-electron chi connectivity index (χ0n) is 19.9. The lowest BCUT2D eigenvalue weighted by atomic mass is 9.80.